The van der Waals surface area contributed by atoms with E-state index in [2.05, 4.69) is 35.4 Å². The zero-order valence-electron chi connectivity index (χ0n) is 17.2. The van der Waals surface area contributed by atoms with Gasteiger partial charge in [0.05, 0.1) is 5.75 Å². The number of thioether (sulfide) groups is 1. The van der Waals surface area contributed by atoms with E-state index in [1.807, 2.05) is 30.7 Å². The lowest BCUT2D eigenvalue weighted by atomic mass is 9.95. The molecule has 1 amide bonds. The van der Waals surface area contributed by atoms with Gasteiger partial charge >= 0.3 is 0 Å². The Morgan fingerprint density at radius 1 is 1.21 bits per heavy atom. The van der Waals surface area contributed by atoms with E-state index in [0.29, 0.717) is 11.8 Å². The fourth-order valence-corrected chi connectivity index (χ4v) is 4.44. The highest BCUT2D eigenvalue weighted by Crippen LogP contribution is 2.25. The molecule has 1 aromatic heterocycles. The summed E-state index contributed by atoms with van der Waals surface area (Å²) < 4.78 is 7.98. The van der Waals surface area contributed by atoms with Crippen molar-refractivity contribution in [2.24, 2.45) is 7.05 Å². The molecule has 0 radical (unpaired) electrons. The van der Waals surface area contributed by atoms with Gasteiger partial charge in [0.15, 0.2) is 17.1 Å². The van der Waals surface area contributed by atoms with Crippen molar-refractivity contribution in [1.82, 2.24) is 20.1 Å². The average Bonchev–Trinajstić information content (AvgIpc) is 3.00. The second-order valence-electron chi connectivity index (χ2n) is 7.67. The van der Waals surface area contributed by atoms with Crippen LogP contribution >= 0.6 is 11.8 Å². The molecule has 3 rings (SSSR count). The zero-order chi connectivity index (χ0) is 20.1. The van der Waals surface area contributed by atoms with Crippen molar-refractivity contribution in [3.8, 4) is 5.75 Å². The van der Waals surface area contributed by atoms with E-state index in [-0.39, 0.29) is 12.0 Å². The maximum absolute atomic E-state index is 12.2. The molecule has 1 N–H and O–H groups in total. The van der Waals surface area contributed by atoms with Gasteiger partial charge in [0, 0.05) is 13.1 Å². The Morgan fingerprint density at radius 2 is 1.89 bits per heavy atom. The summed E-state index contributed by atoms with van der Waals surface area (Å²) in [5.41, 5.74) is 2.33. The van der Waals surface area contributed by atoms with Crippen LogP contribution in [0, 0.1) is 13.8 Å². The number of nitrogens with zero attached hydrogens (tertiary/aromatic N) is 3. The number of aryl methyl sites for hydroxylation is 2. The second kappa shape index (κ2) is 9.45. The predicted molar refractivity (Wildman–Crippen MR) is 112 cm³/mol. The van der Waals surface area contributed by atoms with Crippen LogP contribution in [-0.4, -0.2) is 32.5 Å². The molecule has 1 atom stereocenters. The van der Waals surface area contributed by atoms with Crippen molar-refractivity contribution >= 4 is 17.7 Å². The number of carbonyl (C=O) groups is 1. The Bertz CT molecular complexity index is 794. The molecule has 1 unspecified atom stereocenters. The number of hydrogen-bond donors (Lipinski definition) is 1. The Labute approximate surface area is 171 Å². The molecular weight excluding hydrogens is 372 g/mol. The minimum Gasteiger partial charge on any atom is -0.483 e. The van der Waals surface area contributed by atoms with Gasteiger partial charge in [-0.3, -0.25) is 4.79 Å². The van der Waals surface area contributed by atoms with Crippen LogP contribution in [0.3, 0.4) is 0 Å². The van der Waals surface area contributed by atoms with Crippen LogP contribution in [-0.2, 0) is 11.8 Å². The number of benzene rings is 1. The quantitative estimate of drug-likeness (QED) is 0.706. The number of rotatable bonds is 7. The van der Waals surface area contributed by atoms with Crippen LogP contribution in [0.4, 0.5) is 0 Å². The smallest absolute Gasteiger partial charge is 0.230 e. The number of amides is 1. The standard InChI is InChI=1S/C21H30N4O2S/c1-14-10-15(2)12-18(11-14)27-16(3)20-23-24-21(25(20)4)28-13-19(26)22-17-8-6-5-7-9-17/h10-12,16-17H,5-9,13H2,1-4H3,(H,22,26). The van der Waals surface area contributed by atoms with Gasteiger partial charge in [-0.25, -0.2) is 0 Å². The van der Waals surface area contributed by atoms with Gasteiger partial charge in [-0.2, -0.15) is 0 Å². The van der Waals surface area contributed by atoms with Crippen LogP contribution in [0.5, 0.6) is 5.75 Å². The molecule has 1 heterocycles. The van der Waals surface area contributed by atoms with Crippen LogP contribution in [0.15, 0.2) is 23.4 Å². The molecule has 152 valence electrons. The Morgan fingerprint density at radius 3 is 2.57 bits per heavy atom. The number of ether oxygens (including phenoxy) is 1. The summed E-state index contributed by atoms with van der Waals surface area (Å²) in [4.78, 5) is 12.2. The van der Waals surface area contributed by atoms with Crippen LogP contribution in [0.25, 0.3) is 0 Å². The summed E-state index contributed by atoms with van der Waals surface area (Å²) in [6, 6.07) is 6.49. The summed E-state index contributed by atoms with van der Waals surface area (Å²) in [6.45, 7) is 6.08. The van der Waals surface area contributed by atoms with Crippen molar-refractivity contribution in [2.75, 3.05) is 5.75 Å². The largest absolute Gasteiger partial charge is 0.483 e. The van der Waals surface area contributed by atoms with Gasteiger partial charge < -0.3 is 14.6 Å². The van der Waals surface area contributed by atoms with E-state index in [4.69, 9.17) is 4.74 Å². The average molecular weight is 403 g/mol. The van der Waals surface area contributed by atoms with Crippen LogP contribution in [0.1, 0.15) is 62.1 Å². The molecule has 0 aliphatic heterocycles. The van der Waals surface area contributed by atoms with Crippen molar-refractivity contribution in [3.63, 3.8) is 0 Å². The zero-order valence-corrected chi connectivity index (χ0v) is 18.0. The fraction of sp³-hybridized carbons (Fsp3) is 0.571. The molecule has 1 fully saturated rings. The monoisotopic (exact) mass is 402 g/mol. The van der Waals surface area contributed by atoms with Crippen molar-refractivity contribution in [1.29, 1.82) is 0 Å². The molecule has 0 spiro atoms. The Kier molecular flexibility index (Phi) is 6.99. The molecule has 1 aliphatic carbocycles. The van der Waals surface area contributed by atoms with Gasteiger partial charge in [0.25, 0.3) is 0 Å². The minimum atomic E-state index is -0.232. The van der Waals surface area contributed by atoms with E-state index in [9.17, 15) is 4.79 Å². The molecule has 1 saturated carbocycles. The summed E-state index contributed by atoms with van der Waals surface area (Å²) in [7, 11) is 1.91. The number of aromatic nitrogens is 3. The highest BCUT2D eigenvalue weighted by atomic mass is 32.2. The van der Waals surface area contributed by atoms with E-state index >= 15 is 0 Å². The third-order valence-electron chi connectivity index (χ3n) is 5.04. The molecule has 1 aromatic carbocycles. The fourth-order valence-electron chi connectivity index (χ4n) is 3.71. The topological polar surface area (TPSA) is 69.0 Å². The molecule has 0 saturated heterocycles. The second-order valence-corrected chi connectivity index (χ2v) is 8.62. The molecule has 6 nitrogen and oxygen atoms in total. The first-order chi connectivity index (χ1) is 13.4. The van der Waals surface area contributed by atoms with Crippen molar-refractivity contribution in [2.45, 2.75) is 70.2 Å². The molecule has 0 bridgehead atoms. The first kappa shape index (κ1) is 20.7. The van der Waals surface area contributed by atoms with Gasteiger partial charge in [0.2, 0.25) is 5.91 Å². The van der Waals surface area contributed by atoms with Gasteiger partial charge in [-0.05, 0) is 56.9 Å². The SMILES string of the molecule is Cc1cc(C)cc(OC(C)c2nnc(SCC(=O)NC3CCCCC3)n2C)c1. The minimum absolute atomic E-state index is 0.0704. The first-order valence-corrected chi connectivity index (χ1v) is 11.0. The highest BCUT2D eigenvalue weighted by Gasteiger charge is 2.20. The first-order valence-electron chi connectivity index (χ1n) is 9.99. The van der Waals surface area contributed by atoms with Gasteiger partial charge in [-0.15, -0.1) is 10.2 Å². The summed E-state index contributed by atoms with van der Waals surface area (Å²) in [6.07, 6.45) is 5.66. The molecule has 28 heavy (non-hydrogen) atoms. The van der Waals surface area contributed by atoms with Crippen molar-refractivity contribution in [3.05, 3.63) is 35.2 Å². The maximum Gasteiger partial charge on any atom is 0.230 e. The lowest BCUT2D eigenvalue weighted by Gasteiger charge is -2.22. The molecule has 1 aliphatic rings. The third kappa shape index (κ3) is 5.50. The lowest BCUT2D eigenvalue weighted by Crippen LogP contribution is -2.37. The lowest BCUT2D eigenvalue weighted by molar-refractivity contribution is -0.119. The Hall–Kier alpha value is -2.02. The normalized spacial score (nSPS) is 16.0. The number of carbonyl (C=O) groups excluding carboxylic acids is 1. The summed E-state index contributed by atoms with van der Waals surface area (Å²) >= 11 is 1.41. The maximum atomic E-state index is 12.2. The van der Waals surface area contributed by atoms with Crippen LogP contribution < -0.4 is 10.1 Å². The van der Waals surface area contributed by atoms with E-state index in [1.165, 1.54) is 42.2 Å². The Balaban J connectivity index is 1.55. The van der Waals surface area contributed by atoms with Gasteiger partial charge in [-0.1, -0.05) is 37.1 Å². The molecule has 7 heteroatoms. The van der Waals surface area contributed by atoms with Crippen LogP contribution in [0.2, 0.25) is 0 Å². The summed E-state index contributed by atoms with van der Waals surface area (Å²) in [5, 5.41) is 12.4. The van der Waals surface area contributed by atoms with E-state index < -0.39 is 0 Å². The van der Waals surface area contributed by atoms with E-state index in [1.54, 1.807) is 0 Å². The van der Waals surface area contributed by atoms with E-state index in [0.717, 1.165) is 29.6 Å². The number of nitrogens with one attached hydrogen (secondary N) is 1. The van der Waals surface area contributed by atoms with Gasteiger partial charge in [0.1, 0.15) is 5.75 Å². The van der Waals surface area contributed by atoms with Crippen molar-refractivity contribution < 1.29 is 9.53 Å². The predicted octanol–water partition coefficient (Wildman–Crippen LogP) is 4.11. The molecular formula is C21H30N4O2S. The number of hydrogen-bond acceptors (Lipinski definition) is 5. The summed E-state index contributed by atoms with van der Waals surface area (Å²) in [5.74, 6) is 2.00. The highest BCUT2D eigenvalue weighted by molar-refractivity contribution is 7.99. The third-order valence-corrected chi connectivity index (χ3v) is 6.06. The molecule has 2 aromatic rings.